The van der Waals surface area contributed by atoms with Gasteiger partial charge >= 0.3 is 0 Å². The first-order chi connectivity index (χ1) is 4.93. The Morgan fingerprint density at radius 1 is 1.45 bits per heavy atom. The van der Waals surface area contributed by atoms with Crippen LogP contribution >= 0.6 is 11.6 Å². The average molecular weight is 173 g/mol. The van der Waals surface area contributed by atoms with Gasteiger partial charge in [-0.05, 0) is 27.7 Å². The zero-order valence-corrected chi connectivity index (χ0v) is 8.11. The molecule has 0 saturated carbocycles. The van der Waals surface area contributed by atoms with Gasteiger partial charge in [-0.15, -0.1) is 0 Å². The first-order valence-electron chi connectivity index (χ1n) is 3.63. The van der Waals surface area contributed by atoms with Crippen LogP contribution in [0.15, 0.2) is 6.33 Å². The number of imidazole rings is 1. The molecule has 62 valence electrons. The Balaban J connectivity index is 3.15. The van der Waals surface area contributed by atoms with Crippen molar-refractivity contribution in [1.29, 1.82) is 0 Å². The van der Waals surface area contributed by atoms with Crippen molar-refractivity contribution in [2.45, 2.75) is 33.2 Å². The van der Waals surface area contributed by atoms with Crippen LogP contribution in [0.2, 0.25) is 5.15 Å². The molecule has 1 aromatic rings. The van der Waals surface area contributed by atoms with Crippen molar-refractivity contribution >= 4 is 11.6 Å². The van der Waals surface area contributed by atoms with Crippen LogP contribution in [0.3, 0.4) is 0 Å². The summed E-state index contributed by atoms with van der Waals surface area (Å²) >= 11 is 5.80. The Labute approximate surface area is 72.2 Å². The van der Waals surface area contributed by atoms with Crippen molar-refractivity contribution in [3.63, 3.8) is 0 Å². The second-order valence-corrected chi connectivity index (χ2v) is 4.02. The Kier molecular flexibility index (Phi) is 1.97. The molecule has 11 heavy (non-hydrogen) atoms. The first-order valence-corrected chi connectivity index (χ1v) is 4.00. The van der Waals surface area contributed by atoms with Gasteiger partial charge in [0.1, 0.15) is 5.15 Å². The summed E-state index contributed by atoms with van der Waals surface area (Å²) in [5.41, 5.74) is 1.10. The molecule has 0 bridgehead atoms. The van der Waals surface area contributed by atoms with Gasteiger partial charge < -0.3 is 4.57 Å². The maximum absolute atomic E-state index is 5.80. The molecule has 0 radical (unpaired) electrons. The molecule has 0 amide bonds. The maximum Gasteiger partial charge on any atom is 0.149 e. The summed E-state index contributed by atoms with van der Waals surface area (Å²) in [6.45, 7) is 8.34. The fourth-order valence-corrected chi connectivity index (χ4v) is 1.20. The molecule has 0 aromatic carbocycles. The fourth-order valence-electron chi connectivity index (χ4n) is 1.06. The molecule has 1 heterocycles. The van der Waals surface area contributed by atoms with Gasteiger partial charge in [-0.3, -0.25) is 0 Å². The van der Waals surface area contributed by atoms with Gasteiger partial charge in [-0.25, -0.2) is 4.98 Å². The zero-order valence-electron chi connectivity index (χ0n) is 7.35. The SMILES string of the molecule is Cc1c(Cl)ncn1C(C)(C)C. The lowest BCUT2D eigenvalue weighted by Gasteiger charge is -2.22. The second-order valence-electron chi connectivity index (χ2n) is 3.66. The highest BCUT2D eigenvalue weighted by atomic mass is 35.5. The molecule has 2 nitrogen and oxygen atoms in total. The third kappa shape index (κ3) is 1.56. The molecule has 0 fully saturated rings. The van der Waals surface area contributed by atoms with Crippen LogP contribution in [-0.2, 0) is 5.54 Å². The molecule has 1 rings (SSSR count). The highest BCUT2D eigenvalue weighted by Gasteiger charge is 2.16. The molecule has 0 saturated heterocycles. The van der Waals surface area contributed by atoms with Gasteiger partial charge in [0.05, 0.1) is 12.0 Å². The molecule has 3 heteroatoms. The predicted octanol–water partition coefficient (Wildman–Crippen LogP) is 2.60. The average Bonchev–Trinajstić information content (AvgIpc) is 2.11. The van der Waals surface area contributed by atoms with E-state index in [-0.39, 0.29) is 5.54 Å². The van der Waals surface area contributed by atoms with E-state index >= 15 is 0 Å². The van der Waals surface area contributed by atoms with Gasteiger partial charge in [0.25, 0.3) is 0 Å². The molecule has 0 N–H and O–H groups in total. The lowest BCUT2D eigenvalue weighted by molar-refractivity contribution is 0.389. The third-order valence-corrected chi connectivity index (χ3v) is 2.04. The molecular weight excluding hydrogens is 160 g/mol. The number of hydrogen-bond donors (Lipinski definition) is 0. The van der Waals surface area contributed by atoms with Crippen molar-refractivity contribution < 1.29 is 0 Å². The van der Waals surface area contributed by atoms with Crippen LogP contribution in [0.25, 0.3) is 0 Å². The molecule has 0 spiro atoms. The topological polar surface area (TPSA) is 17.8 Å². The monoisotopic (exact) mass is 172 g/mol. The van der Waals surface area contributed by atoms with Gasteiger partial charge in [0.15, 0.2) is 0 Å². The van der Waals surface area contributed by atoms with Crippen LogP contribution in [-0.4, -0.2) is 9.55 Å². The number of rotatable bonds is 0. The second kappa shape index (κ2) is 2.52. The highest BCUT2D eigenvalue weighted by molar-refractivity contribution is 6.30. The van der Waals surface area contributed by atoms with Crippen LogP contribution < -0.4 is 0 Å². The van der Waals surface area contributed by atoms with E-state index in [0.29, 0.717) is 5.15 Å². The van der Waals surface area contributed by atoms with E-state index in [1.54, 1.807) is 6.33 Å². The number of halogens is 1. The quantitative estimate of drug-likeness (QED) is 0.588. The van der Waals surface area contributed by atoms with Crippen molar-refractivity contribution in [1.82, 2.24) is 9.55 Å². The minimum Gasteiger partial charge on any atom is -0.328 e. The molecule has 1 aromatic heterocycles. The molecule has 0 atom stereocenters. The number of aromatic nitrogens is 2. The summed E-state index contributed by atoms with van der Waals surface area (Å²) in [5.74, 6) is 0. The third-order valence-electron chi connectivity index (χ3n) is 1.67. The molecule has 0 aliphatic heterocycles. The fraction of sp³-hybridized carbons (Fsp3) is 0.625. The van der Waals surface area contributed by atoms with Gasteiger partial charge in [-0.1, -0.05) is 11.6 Å². The lowest BCUT2D eigenvalue weighted by atomic mass is 10.1. The van der Waals surface area contributed by atoms with E-state index in [1.165, 1.54) is 0 Å². The molecular formula is C8H13ClN2. The first kappa shape index (κ1) is 8.60. The van der Waals surface area contributed by atoms with Gasteiger partial charge in [0.2, 0.25) is 0 Å². The largest absolute Gasteiger partial charge is 0.328 e. The molecule has 0 unspecified atom stereocenters. The van der Waals surface area contributed by atoms with Crippen LogP contribution in [0, 0.1) is 6.92 Å². The minimum atomic E-state index is 0.0736. The van der Waals surface area contributed by atoms with Crippen molar-refractivity contribution in [2.75, 3.05) is 0 Å². The van der Waals surface area contributed by atoms with Crippen molar-refractivity contribution in [3.8, 4) is 0 Å². The number of hydrogen-bond acceptors (Lipinski definition) is 1. The summed E-state index contributed by atoms with van der Waals surface area (Å²) in [4.78, 5) is 4.01. The zero-order chi connectivity index (χ0) is 8.65. The predicted molar refractivity (Wildman–Crippen MR) is 47.0 cm³/mol. The van der Waals surface area contributed by atoms with E-state index in [2.05, 4.69) is 30.3 Å². The van der Waals surface area contributed by atoms with Crippen molar-refractivity contribution in [2.24, 2.45) is 0 Å². The van der Waals surface area contributed by atoms with Crippen molar-refractivity contribution in [3.05, 3.63) is 17.2 Å². The summed E-state index contributed by atoms with van der Waals surface area (Å²) in [6, 6.07) is 0. The highest BCUT2D eigenvalue weighted by Crippen LogP contribution is 2.20. The smallest absolute Gasteiger partial charge is 0.149 e. The van der Waals surface area contributed by atoms with E-state index in [0.717, 1.165) is 5.69 Å². The van der Waals surface area contributed by atoms with E-state index in [1.807, 2.05) is 6.92 Å². The van der Waals surface area contributed by atoms with E-state index < -0.39 is 0 Å². The standard InChI is InChI=1S/C8H13ClN2/c1-6-7(9)10-5-11(6)8(2,3)4/h5H,1-4H3. The molecule has 0 aliphatic rings. The Bertz CT molecular complexity index is 258. The lowest BCUT2D eigenvalue weighted by Crippen LogP contribution is -2.21. The van der Waals surface area contributed by atoms with Gasteiger partial charge in [-0.2, -0.15) is 0 Å². The summed E-state index contributed by atoms with van der Waals surface area (Å²) in [6.07, 6.45) is 1.78. The number of nitrogens with zero attached hydrogens (tertiary/aromatic N) is 2. The van der Waals surface area contributed by atoms with Crippen LogP contribution in [0.5, 0.6) is 0 Å². The Morgan fingerprint density at radius 2 is 2.00 bits per heavy atom. The molecule has 0 aliphatic carbocycles. The van der Waals surface area contributed by atoms with E-state index in [9.17, 15) is 0 Å². The van der Waals surface area contributed by atoms with E-state index in [4.69, 9.17) is 11.6 Å². The van der Waals surface area contributed by atoms with Crippen LogP contribution in [0.1, 0.15) is 26.5 Å². The summed E-state index contributed by atoms with van der Waals surface area (Å²) in [7, 11) is 0. The Hall–Kier alpha value is -0.500. The Morgan fingerprint density at radius 3 is 2.18 bits per heavy atom. The normalized spacial score (nSPS) is 12.1. The minimum absolute atomic E-state index is 0.0736. The van der Waals surface area contributed by atoms with Crippen LogP contribution in [0.4, 0.5) is 0 Å². The van der Waals surface area contributed by atoms with Gasteiger partial charge in [0, 0.05) is 5.54 Å². The maximum atomic E-state index is 5.80. The summed E-state index contributed by atoms with van der Waals surface area (Å²) < 4.78 is 2.06. The summed E-state index contributed by atoms with van der Waals surface area (Å²) in [5, 5.41) is 0.597.